The van der Waals surface area contributed by atoms with Crippen LogP contribution < -0.4 is 14.4 Å². The molecule has 0 atom stereocenters. The van der Waals surface area contributed by atoms with Gasteiger partial charge in [-0.05, 0) is 29.8 Å². The number of carbonyl (C=O) groups is 1. The molecule has 0 N–H and O–H groups in total. The van der Waals surface area contributed by atoms with Crippen molar-refractivity contribution >= 4 is 23.5 Å². The van der Waals surface area contributed by atoms with E-state index >= 15 is 0 Å². The summed E-state index contributed by atoms with van der Waals surface area (Å²) in [6.07, 6.45) is 9.16. The SMILES string of the molecule is COc1ccc(/C=C/C=C(/C(=O)N2CCN(c3ncccn3)CC2)c2ccccc2)c(OC)c1. The average molecular weight is 457 g/mol. The molecule has 1 fully saturated rings. The minimum absolute atomic E-state index is 0.00572. The summed E-state index contributed by atoms with van der Waals surface area (Å²) in [6, 6.07) is 17.2. The summed E-state index contributed by atoms with van der Waals surface area (Å²) < 4.78 is 10.7. The van der Waals surface area contributed by atoms with E-state index in [9.17, 15) is 4.79 Å². The highest BCUT2D eigenvalue weighted by molar-refractivity contribution is 6.19. The fraction of sp³-hybridized carbons (Fsp3) is 0.222. The minimum Gasteiger partial charge on any atom is -0.497 e. The van der Waals surface area contributed by atoms with E-state index in [0.717, 1.165) is 16.9 Å². The first kappa shape index (κ1) is 23.0. The fourth-order valence-corrected chi connectivity index (χ4v) is 3.85. The molecule has 1 saturated heterocycles. The highest BCUT2D eigenvalue weighted by Crippen LogP contribution is 2.26. The predicted octanol–water partition coefficient (Wildman–Crippen LogP) is 3.94. The molecule has 1 aliphatic heterocycles. The Labute approximate surface area is 200 Å². The molecule has 174 valence electrons. The second-order valence-corrected chi connectivity index (χ2v) is 7.74. The van der Waals surface area contributed by atoms with E-state index in [1.165, 1.54) is 0 Å². The molecule has 3 aromatic rings. The van der Waals surface area contributed by atoms with E-state index in [2.05, 4.69) is 14.9 Å². The maximum absolute atomic E-state index is 13.5. The Balaban J connectivity index is 1.53. The molecular weight excluding hydrogens is 428 g/mol. The molecule has 1 aliphatic rings. The van der Waals surface area contributed by atoms with Crippen LogP contribution in [0.15, 0.2) is 79.1 Å². The summed E-state index contributed by atoms with van der Waals surface area (Å²) in [5, 5.41) is 0. The third kappa shape index (κ3) is 5.43. The van der Waals surface area contributed by atoms with Crippen LogP contribution >= 0.6 is 0 Å². The highest BCUT2D eigenvalue weighted by atomic mass is 16.5. The van der Waals surface area contributed by atoms with Crippen molar-refractivity contribution in [1.82, 2.24) is 14.9 Å². The zero-order chi connectivity index (χ0) is 23.8. The second kappa shape index (κ2) is 11.1. The van der Waals surface area contributed by atoms with Gasteiger partial charge < -0.3 is 19.3 Å². The summed E-state index contributed by atoms with van der Waals surface area (Å²) in [6.45, 7) is 2.60. The first-order valence-electron chi connectivity index (χ1n) is 11.2. The van der Waals surface area contributed by atoms with Gasteiger partial charge in [-0.2, -0.15) is 0 Å². The van der Waals surface area contributed by atoms with Crippen molar-refractivity contribution in [1.29, 1.82) is 0 Å². The average Bonchev–Trinajstić information content (AvgIpc) is 2.92. The summed E-state index contributed by atoms with van der Waals surface area (Å²) in [7, 11) is 3.25. The largest absolute Gasteiger partial charge is 0.497 e. The van der Waals surface area contributed by atoms with E-state index in [-0.39, 0.29) is 5.91 Å². The zero-order valence-corrected chi connectivity index (χ0v) is 19.4. The standard InChI is InChI=1S/C27H28N4O3/c1-33-23-13-12-22(25(20-23)34-2)10-6-11-24(21-8-4-3-5-9-21)26(32)30-16-18-31(19-17-30)27-28-14-7-15-29-27/h3-15,20H,16-19H2,1-2H3/b10-6+,24-11+. The molecule has 1 amide bonds. The van der Waals surface area contributed by atoms with Gasteiger partial charge in [0.05, 0.1) is 14.2 Å². The lowest BCUT2D eigenvalue weighted by atomic mass is 10.0. The molecule has 0 unspecified atom stereocenters. The van der Waals surface area contributed by atoms with Gasteiger partial charge in [0.1, 0.15) is 11.5 Å². The van der Waals surface area contributed by atoms with Crippen LogP contribution in [-0.2, 0) is 4.79 Å². The molecule has 0 saturated carbocycles. The van der Waals surface area contributed by atoms with Gasteiger partial charge in [0.2, 0.25) is 5.95 Å². The van der Waals surface area contributed by atoms with E-state index in [4.69, 9.17) is 9.47 Å². The van der Waals surface area contributed by atoms with Gasteiger partial charge in [0.15, 0.2) is 0 Å². The smallest absolute Gasteiger partial charge is 0.254 e. The van der Waals surface area contributed by atoms with Crippen LogP contribution in [-0.4, -0.2) is 61.2 Å². The van der Waals surface area contributed by atoms with Crippen LogP contribution in [0.5, 0.6) is 11.5 Å². The molecule has 4 rings (SSSR count). The van der Waals surface area contributed by atoms with Crippen LogP contribution in [0.4, 0.5) is 5.95 Å². The number of benzene rings is 2. The number of hydrogen-bond acceptors (Lipinski definition) is 6. The first-order valence-corrected chi connectivity index (χ1v) is 11.2. The highest BCUT2D eigenvalue weighted by Gasteiger charge is 2.25. The van der Waals surface area contributed by atoms with Crippen LogP contribution in [0.3, 0.4) is 0 Å². The number of anilines is 1. The van der Waals surface area contributed by atoms with Gasteiger partial charge in [-0.3, -0.25) is 4.79 Å². The normalized spacial score (nSPS) is 14.4. The van der Waals surface area contributed by atoms with Crippen LogP contribution in [0.2, 0.25) is 0 Å². The number of nitrogens with zero attached hydrogens (tertiary/aromatic N) is 4. The van der Waals surface area contributed by atoms with Gasteiger partial charge in [0, 0.05) is 55.8 Å². The molecule has 0 bridgehead atoms. The van der Waals surface area contributed by atoms with Crippen molar-refractivity contribution in [2.45, 2.75) is 0 Å². The van der Waals surface area contributed by atoms with Gasteiger partial charge in [-0.1, -0.05) is 42.5 Å². The molecule has 2 heterocycles. The number of aromatic nitrogens is 2. The van der Waals surface area contributed by atoms with Gasteiger partial charge in [-0.25, -0.2) is 9.97 Å². The molecule has 0 aliphatic carbocycles. The van der Waals surface area contributed by atoms with Crippen molar-refractivity contribution in [2.75, 3.05) is 45.3 Å². The summed E-state index contributed by atoms with van der Waals surface area (Å²) in [5.41, 5.74) is 2.43. The maximum atomic E-state index is 13.5. The lowest BCUT2D eigenvalue weighted by molar-refractivity contribution is -0.125. The number of amides is 1. The lowest BCUT2D eigenvalue weighted by Crippen LogP contribution is -2.49. The zero-order valence-electron chi connectivity index (χ0n) is 19.4. The number of rotatable bonds is 7. The van der Waals surface area contributed by atoms with Crippen LogP contribution in [0, 0.1) is 0 Å². The Morgan fingerprint density at radius 2 is 1.65 bits per heavy atom. The van der Waals surface area contributed by atoms with Crippen molar-refractivity contribution < 1.29 is 14.3 Å². The predicted molar refractivity (Wildman–Crippen MR) is 134 cm³/mol. The number of allylic oxidation sites excluding steroid dienone is 2. The fourth-order valence-electron chi connectivity index (χ4n) is 3.85. The van der Waals surface area contributed by atoms with Gasteiger partial charge >= 0.3 is 0 Å². The Morgan fingerprint density at radius 1 is 0.912 bits per heavy atom. The van der Waals surface area contributed by atoms with Gasteiger partial charge in [0.25, 0.3) is 5.91 Å². The Hall–Kier alpha value is -4.13. The monoisotopic (exact) mass is 456 g/mol. The summed E-state index contributed by atoms with van der Waals surface area (Å²) in [5.74, 6) is 2.14. The Morgan fingerprint density at radius 3 is 2.32 bits per heavy atom. The van der Waals surface area contributed by atoms with E-state index < -0.39 is 0 Å². The number of hydrogen-bond donors (Lipinski definition) is 0. The van der Waals surface area contributed by atoms with Crippen LogP contribution in [0.25, 0.3) is 11.6 Å². The maximum Gasteiger partial charge on any atom is 0.254 e. The van der Waals surface area contributed by atoms with Crippen LogP contribution in [0.1, 0.15) is 11.1 Å². The quantitative estimate of drug-likeness (QED) is 0.396. The number of carbonyl (C=O) groups excluding carboxylic acids is 1. The molecule has 7 nitrogen and oxygen atoms in total. The summed E-state index contributed by atoms with van der Waals surface area (Å²) in [4.78, 5) is 26.2. The van der Waals surface area contributed by atoms with Crippen molar-refractivity contribution in [3.8, 4) is 11.5 Å². The third-order valence-electron chi connectivity index (χ3n) is 5.70. The van der Waals surface area contributed by atoms with Crippen molar-refractivity contribution in [3.05, 3.63) is 90.3 Å². The molecule has 0 radical (unpaired) electrons. The molecule has 0 spiro atoms. The Kier molecular flexibility index (Phi) is 7.55. The van der Waals surface area contributed by atoms with Crippen molar-refractivity contribution in [3.63, 3.8) is 0 Å². The minimum atomic E-state index is 0.00572. The number of methoxy groups -OCH3 is 2. The molecule has 34 heavy (non-hydrogen) atoms. The molecule has 2 aromatic carbocycles. The van der Waals surface area contributed by atoms with Gasteiger partial charge in [-0.15, -0.1) is 0 Å². The second-order valence-electron chi connectivity index (χ2n) is 7.74. The third-order valence-corrected chi connectivity index (χ3v) is 5.70. The molecular formula is C27H28N4O3. The molecule has 7 heteroatoms. The van der Waals surface area contributed by atoms with E-state index in [1.54, 1.807) is 32.7 Å². The summed E-state index contributed by atoms with van der Waals surface area (Å²) >= 11 is 0. The van der Waals surface area contributed by atoms with E-state index in [0.29, 0.717) is 43.4 Å². The molecule has 1 aromatic heterocycles. The Bertz CT molecular complexity index is 1160. The topological polar surface area (TPSA) is 67.8 Å². The van der Waals surface area contributed by atoms with Crippen molar-refractivity contribution in [2.24, 2.45) is 0 Å². The number of piperazine rings is 1. The number of ether oxygens (including phenoxy) is 2. The first-order chi connectivity index (χ1) is 16.7. The lowest BCUT2D eigenvalue weighted by Gasteiger charge is -2.35. The van der Waals surface area contributed by atoms with E-state index in [1.807, 2.05) is 71.7 Å².